The first-order chi connectivity index (χ1) is 8.41. The Hall–Kier alpha value is -0.993. The Morgan fingerprint density at radius 3 is 2.44 bits per heavy atom. The number of rotatable bonds is 1. The van der Waals surface area contributed by atoms with E-state index in [1.807, 2.05) is 12.1 Å². The fourth-order valence-electron chi connectivity index (χ4n) is 3.08. The summed E-state index contributed by atoms with van der Waals surface area (Å²) in [6.07, 6.45) is 0.0709. The molecule has 3 rings (SSSR count). The molecule has 95 valence electrons. The van der Waals surface area contributed by atoms with Gasteiger partial charge in [0, 0.05) is 11.1 Å². The van der Waals surface area contributed by atoms with Crippen molar-refractivity contribution in [3.8, 4) is 5.75 Å². The molecule has 1 nitrogen and oxygen atoms in total. The van der Waals surface area contributed by atoms with Crippen LogP contribution in [0.15, 0.2) is 40.6 Å². The molecule has 1 aromatic rings. The summed E-state index contributed by atoms with van der Waals surface area (Å²) in [4.78, 5) is 0. The molecule has 1 atom stereocenters. The Morgan fingerprint density at radius 2 is 1.78 bits per heavy atom. The van der Waals surface area contributed by atoms with E-state index < -0.39 is 7.38 Å². The lowest BCUT2D eigenvalue weighted by molar-refractivity contribution is 0.319. The van der Waals surface area contributed by atoms with E-state index in [2.05, 4.69) is 39.1 Å². The summed E-state index contributed by atoms with van der Waals surface area (Å²) in [5.41, 5.74) is 5.26. The van der Waals surface area contributed by atoms with E-state index in [1.165, 1.54) is 27.5 Å². The van der Waals surface area contributed by atoms with Gasteiger partial charge in [0.1, 0.15) is 11.9 Å². The lowest BCUT2D eigenvalue weighted by atomic mass is 10.0. The molecule has 2 aliphatic rings. The molecule has 0 radical (unpaired) electrons. The maximum atomic E-state index is 6.68. The molecular formula is C15H17ClOSi-. The fraction of sp³-hybridized carbons (Fsp3) is 0.333. The standard InChI is InChI=1S/C15H17ClOSi/c1-9-10(2)15(18(3,4)16)14-13(9)11-7-5-6-8-12(11)17-14/h5-8,14H,1-4H3/q-1. The quantitative estimate of drug-likeness (QED) is 0.541. The van der Waals surface area contributed by atoms with Crippen molar-refractivity contribution in [1.82, 2.24) is 0 Å². The van der Waals surface area contributed by atoms with Crippen LogP contribution in [0.5, 0.6) is 5.75 Å². The van der Waals surface area contributed by atoms with E-state index in [9.17, 15) is 0 Å². The summed E-state index contributed by atoms with van der Waals surface area (Å²) in [5.74, 6) is 0.997. The van der Waals surface area contributed by atoms with Crippen LogP contribution >= 0.6 is 11.1 Å². The molecule has 0 N–H and O–H groups in total. The van der Waals surface area contributed by atoms with Crippen LogP contribution in [0.25, 0.3) is 5.57 Å². The minimum Gasteiger partial charge on any atom is -0.484 e. The molecule has 0 saturated carbocycles. The molecule has 1 aromatic carbocycles. The maximum Gasteiger partial charge on any atom is 0.128 e. The molecule has 0 spiro atoms. The van der Waals surface area contributed by atoms with Gasteiger partial charge in [-0.2, -0.15) is 13.1 Å². The van der Waals surface area contributed by atoms with Gasteiger partial charge in [0.2, 0.25) is 0 Å². The molecule has 1 heterocycles. The van der Waals surface area contributed by atoms with Crippen molar-refractivity contribution in [2.24, 2.45) is 0 Å². The molecule has 0 saturated heterocycles. The predicted molar refractivity (Wildman–Crippen MR) is 79.5 cm³/mol. The zero-order chi connectivity index (χ0) is 13.1. The fourth-order valence-corrected chi connectivity index (χ4v) is 5.71. The minimum absolute atomic E-state index is 0.0709. The van der Waals surface area contributed by atoms with Gasteiger partial charge in [0.25, 0.3) is 0 Å². The van der Waals surface area contributed by atoms with Gasteiger partial charge in [-0.05, 0) is 32.9 Å². The summed E-state index contributed by atoms with van der Waals surface area (Å²) >= 11 is 6.68. The highest BCUT2D eigenvalue weighted by atomic mass is 35.6. The Balaban J connectivity index is 2.18. The monoisotopic (exact) mass is 276 g/mol. The Kier molecular flexibility index (Phi) is 2.51. The minimum atomic E-state index is -1.87. The van der Waals surface area contributed by atoms with E-state index in [0.29, 0.717) is 0 Å². The first-order valence-corrected chi connectivity index (χ1v) is 10.3. The third-order valence-corrected chi connectivity index (χ3v) is 6.49. The molecule has 1 aliphatic heterocycles. The molecule has 0 aromatic heterocycles. The SMILES string of the molecule is CC1=C2c3ccccc3OC2C([Si-](C)(C)Cl)=C1C. The van der Waals surface area contributed by atoms with Crippen LogP contribution in [0.1, 0.15) is 19.4 Å². The van der Waals surface area contributed by atoms with Crippen LogP contribution < -0.4 is 4.74 Å². The van der Waals surface area contributed by atoms with Crippen molar-refractivity contribution in [3.63, 3.8) is 0 Å². The number of hydrogen-bond acceptors (Lipinski definition) is 1. The second-order valence-corrected chi connectivity index (χ2v) is 11.9. The molecule has 1 aliphatic carbocycles. The van der Waals surface area contributed by atoms with Crippen molar-refractivity contribution in [2.75, 3.05) is 0 Å². The van der Waals surface area contributed by atoms with Crippen LogP contribution in [0, 0.1) is 0 Å². The Morgan fingerprint density at radius 1 is 1.11 bits per heavy atom. The van der Waals surface area contributed by atoms with Crippen molar-refractivity contribution in [1.29, 1.82) is 0 Å². The molecule has 0 amide bonds. The highest BCUT2D eigenvalue weighted by molar-refractivity contribution is 7.23. The molecule has 0 fully saturated rings. The Labute approximate surface area is 114 Å². The van der Waals surface area contributed by atoms with Gasteiger partial charge < -0.3 is 15.8 Å². The van der Waals surface area contributed by atoms with Gasteiger partial charge in [-0.25, -0.2) is 0 Å². The molecular weight excluding hydrogens is 260 g/mol. The number of halogens is 1. The van der Waals surface area contributed by atoms with E-state index in [1.54, 1.807) is 0 Å². The third kappa shape index (κ3) is 1.52. The van der Waals surface area contributed by atoms with E-state index >= 15 is 0 Å². The van der Waals surface area contributed by atoms with Gasteiger partial charge in [-0.1, -0.05) is 23.8 Å². The van der Waals surface area contributed by atoms with Crippen LogP contribution in [0.2, 0.25) is 13.1 Å². The molecule has 18 heavy (non-hydrogen) atoms. The average molecular weight is 277 g/mol. The van der Waals surface area contributed by atoms with Crippen LogP contribution in [0.4, 0.5) is 0 Å². The van der Waals surface area contributed by atoms with E-state index in [4.69, 9.17) is 15.8 Å². The number of para-hydroxylation sites is 1. The predicted octanol–water partition coefficient (Wildman–Crippen LogP) is 4.53. The molecule has 3 heteroatoms. The third-order valence-electron chi connectivity index (χ3n) is 3.96. The summed E-state index contributed by atoms with van der Waals surface area (Å²) in [7, 11) is -1.87. The lowest BCUT2D eigenvalue weighted by Crippen LogP contribution is -2.31. The van der Waals surface area contributed by atoms with Crippen molar-refractivity contribution in [3.05, 3.63) is 46.2 Å². The molecule has 0 bridgehead atoms. The summed E-state index contributed by atoms with van der Waals surface area (Å²) < 4.78 is 6.15. The van der Waals surface area contributed by atoms with Crippen LogP contribution in [-0.4, -0.2) is 13.5 Å². The topological polar surface area (TPSA) is 9.23 Å². The molecule has 1 unspecified atom stereocenters. The zero-order valence-corrected chi connectivity index (χ0v) is 12.9. The second-order valence-electron chi connectivity index (χ2n) is 5.54. The Bertz CT molecular complexity index is 593. The normalized spacial score (nSPS) is 22.2. The average Bonchev–Trinajstić information content (AvgIpc) is 2.74. The number of hydrogen-bond donors (Lipinski definition) is 0. The maximum absolute atomic E-state index is 6.68. The number of allylic oxidation sites excluding steroid dienone is 2. The first-order valence-electron chi connectivity index (χ1n) is 6.28. The highest BCUT2D eigenvalue weighted by Crippen LogP contribution is 2.50. The van der Waals surface area contributed by atoms with Gasteiger partial charge in [-0.15, -0.1) is 5.20 Å². The largest absolute Gasteiger partial charge is 0.484 e. The van der Waals surface area contributed by atoms with Crippen molar-refractivity contribution < 1.29 is 4.74 Å². The summed E-state index contributed by atoms with van der Waals surface area (Å²) in [6, 6.07) is 8.29. The highest BCUT2D eigenvalue weighted by Gasteiger charge is 2.39. The second kappa shape index (κ2) is 3.75. The van der Waals surface area contributed by atoms with Gasteiger partial charge in [-0.3, -0.25) is 0 Å². The summed E-state index contributed by atoms with van der Waals surface area (Å²) in [6.45, 7) is 8.72. The van der Waals surface area contributed by atoms with Crippen LogP contribution in [-0.2, 0) is 0 Å². The van der Waals surface area contributed by atoms with Gasteiger partial charge in [0.15, 0.2) is 0 Å². The lowest BCUT2D eigenvalue weighted by Gasteiger charge is -2.33. The van der Waals surface area contributed by atoms with Gasteiger partial charge >= 0.3 is 0 Å². The van der Waals surface area contributed by atoms with Crippen molar-refractivity contribution in [2.45, 2.75) is 33.0 Å². The smallest absolute Gasteiger partial charge is 0.128 e. The van der Waals surface area contributed by atoms with Crippen molar-refractivity contribution >= 4 is 24.0 Å². The number of ether oxygens (including phenoxy) is 1. The number of benzene rings is 1. The first kappa shape index (κ1) is 12.1. The zero-order valence-electron chi connectivity index (χ0n) is 11.2. The van der Waals surface area contributed by atoms with Crippen LogP contribution in [0.3, 0.4) is 0 Å². The van der Waals surface area contributed by atoms with E-state index in [0.717, 1.165) is 5.75 Å². The number of fused-ring (bicyclic) bond motifs is 3. The van der Waals surface area contributed by atoms with Gasteiger partial charge in [0.05, 0.1) is 0 Å². The summed E-state index contributed by atoms with van der Waals surface area (Å²) in [5, 5.41) is 1.34. The van der Waals surface area contributed by atoms with E-state index in [-0.39, 0.29) is 6.10 Å².